The Bertz CT molecular complexity index is 1180. The second-order valence-corrected chi connectivity index (χ2v) is 7.96. The van der Waals surface area contributed by atoms with Crippen molar-refractivity contribution in [2.24, 2.45) is 0 Å². The molecule has 3 aromatic carbocycles. The minimum atomic E-state index is -0.0502. The first-order valence-corrected chi connectivity index (χ1v) is 10.7. The highest BCUT2D eigenvalue weighted by Crippen LogP contribution is 2.29. The molecule has 0 saturated carbocycles. The van der Waals surface area contributed by atoms with E-state index in [0.29, 0.717) is 0 Å². The van der Waals surface area contributed by atoms with Gasteiger partial charge in [0.25, 0.3) is 0 Å². The van der Waals surface area contributed by atoms with Crippen LogP contribution in [0.5, 0.6) is 5.75 Å². The van der Waals surface area contributed by atoms with Gasteiger partial charge in [0.15, 0.2) is 5.16 Å². The third-order valence-electron chi connectivity index (χ3n) is 4.94. The van der Waals surface area contributed by atoms with Crippen molar-refractivity contribution in [1.29, 1.82) is 0 Å². The Kier molecular flexibility index (Phi) is 5.77. The third-order valence-corrected chi connectivity index (χ3v) is 5.88. The van der Waals surface area contributed by atoms with E-state index in [2.05, 4.69) is 9.88 Å². The predicted molar refractivity (Wildman–Crippen MR) is 123 cm³/mol. The van der Waals surface area contributed by atoms with Crippen LogP contribution in [0.25, 0.3) is 16.7 Å². The average Bonchev–Trinajstić information content (AvgIpc) is 3.13. The van der Waals surface area contributed by atoms with Crippen LogP contribution in [-0.4, -0.2) is 28.3 Å². The summed E-state index contributed by atoms with van der Waals surface area (Å²) in [6, 6.07) is 21.8. The molecule has 1 heterocycles. The van der Waals surface area contributed by atoms with Crippen LogP contribution in [0.2, 0.25) is 0 Å². The molecular formula is C24H23N3O2S. The first kappa shape index (κ1) is 20.0. The number of methoxy groups -OCH3 is 1. The van der Waals surface area contributed by atoms with Gasteiger partial charge in [0.1, 0.15) is 5.75 Å². The summed E-state index contributed by atoms with van der Waals surface area (Å²) in [5.74, 6) is 1.02. The maximum absolute atomic E-state index is 12.7. The van der Waals surface area contributed by atoms with Crippen LogP contribution in [0.3, 0.4) is 0 Å². The first-order valence-electron chi connectivity index (χ1n) is 9.67. The smallest absolute Gasteiger partial charge is 0.234 e. The van der Waals surface area contributed by atoms with Gasteiger partial charge >= 0.3 is 0 Å². The van der Waals surface area contributed by atoms with Gasteiger partial charge < -0.3 is 10.1 Å². The summed E-state index contributed by atoms with van der Waals surface area (Å²) in [6.07, 6.45) is 0. The van der Waals surface area contributed by atoms with E-state index in [4.69, 9.17) is 9.72 Å². The van der Waals surface area contributed by atoms with Crippen molar-refractivity contribution in [2.45, 2.75) is 19.0 Å². The Labute approximate surface area is 180 Å². The SMILES string of the molecule is COc1ccc(-n2c(SCC(=O)Nc3c(C)cccc3C)nc3ccccc32)cc1. The van der Waals surface area contributed by atoms with Crippen molar-refractivity contribution in [3.63, 3.8) is 0 Å². The Morgan fingerprint density at radius 2 is 1.70 bits per heavy atom. The van der Waals surface area contributed by atoms with E-state index < -0.39 is 0 Å². The number of fused-ring (bicyclic) bond motifs is 1. The van der Waals surface area contributed by atoms with Crippen LogP contribution in [0, 0.1) is 13.8 Å². The fraction of sp³-hybridized carbons (Fsp3) is 0.167. The molecule has 0 radical (unpaired) electrons. The first-order chi connectivity index (χ1) is 14.6. The number of carbonyl (C=O) groups is 1. The molecule has 0 spiro atoms. The number of hydrogen-bond acceptors (Lipinski definition) is 4. The number of ether oxygens (including phenoxy) is 1. The van der Waals surface area contributed by atoms with Crippen molar-refractivity contribution in [2.75, 3.05) is 18.2 Å². The molecule has 30 heavy (non-hydrogen) atoms. The molecular weight excluding hydrogens is 394 g/mol. The van der Waals surface area contributed by atoms with Crippen molar-refractivity contribution < 1.29 is 9.53 Å². The zero-order chi connectivity index (χ0) is 21.1. The monoisotopic (exact) mass is 417 g/mol. The molecule has 5 nitrogen and oxygen atoms in total. The quantitative estimate of drug-likeness (QED) is 0.428. The van der Waals surface area contributed by atoms with Gasteiger partial charge in [0.05, 0.1) is 23.9 Å². The number of nitrogens with one attached hydrogen (secondary N) is 1. The maximum atomic E-state index is 12.7. The number of anilines is 1. The third kappa shape index (κ3) is 4.04. The summed E-state index contributed by atoms with van der Waals surface area (Å²) in [4.78, 5) is 17.4. The number of carbonyl (C=O) groups excluding carboxylic acids is 1. The van der Waals surface area contributed by atoms with Crippen molar-refractivity contribution in [3.05, 3.63) is 77.9 Å². The Balaban J connectivity index is 1.60. The highest BCUT2D eigenvalue weighted by molar-refractivity contribution is 7.99. The second kappa shape index (κ2) is 8.63. The topological polar surface area (TPSA) is 56.1 Å². The molecule has 4 aromatic rings. The molecule has 6 heteroatoms. The predicted octanol–water partition coefficient (Wildman–Crippen LogP) is 5.38. The van der Waals surface area contributed by atoms with Gasteiger partial charge in [-0.25, -0.2) is 4.98 Å². The second-order valence-electron chi connectivity index (χ2n) is 7.02. The molecule has 0 aliphatic rings. The maximum Gasteiger partial charge on any atom is 0.234 e. The van der Waals surface area contributed by atoms with Gasteiger partial charge in [0.2, 0.25) is 5.91 Å². The summed E-state index contributed by atoms with van der Waals surface area (Å²) < 4.78 is 7.35. The number of thioether (sulfide) groups is 1. The fourth-order valence-electron chi connectivity index (χ4n) is 3.40. The minimum Gasteiger partial charge on any atom is -0.497 e. The van der Waals surface area contributed by atoms with E-state index in [9.17, 15) is 4.79 Å². The Hall–Kier alpha value is -3.25. The summed E-state index contributed by atoms with van der Waals surface area (Å²) in [5, 5.41) is 3.82. The van der Waals surface area contributed by atoms with E-state index in [-0.39, 0.29) is 11.7 Å². The van der Waals surface area contributed by atoms with Crippen LogP contribution < -0.4 is 10.1 Å². The standard InChI is InChI=1S/C24H23N3O2S/c1-16-7-6-8-17(2)23(16)26-22(28)15-30-24-25-20-9-4-5-10-21(20)27(24)18-11-13-19(29-3)14-12-18/h4-14H,15H2,1-3H3,(H,26,28). The molecule has 4 rings (SSSR count). The Morgan fingerprint density at radius 3 is 2.40 bits per heavy atom. The molecule has 1 aromatic heterocycles. The van der Waals surface area contributed by atoms with E-state index in [1.165, 1.54) is 11.8 Å². The molecule has 0 aliphatic heterocycles. The number of aryl methyl sites for hydroxylation is 2. The number of rotatable bonds is 6. The number of hydrogen-bond donors (Lipinski definition) is 1. The molecule has 0 saturated heterocycles. The van der Waals surface area contributed by atoms with Crippen LogP contribution in [0.15, 0.2) is 71.9 Å². The lowest BCUT2D eigenvalue weighted by molar-refractivity contribution is -0.113. The van der Waals surface area contributed by atoms with Gasteiger partial charge in [-0.2, -0.15) is 0 Å². The normalized spacial score (nSPS) is 10.9. The van der Waals surface area contributed by atoms with E-state index >= 15 is 0 Å². The largest absolute Gasteiger partial charge is 0.497 e. The van der Waals surface area contributed by atoms with Crippen molar-refractivity contribution in [3.8, 4) is 11.4 Å². The van der Waals surface area contributed by atoms with Crippen molar-refractivity contribution in [1.82, 2.24) is 9.55 Å². The van der Waals surface area contributed by atoms with Gasteiger partial charge in [0, 0.05) is 11.4 Å². The number of benzene rings is 3. The van der Waals surface area contributed by atoms with E-state index in [1.807, 2.05) is 80.6 Å². The highest BCUT2D eigenvalue weighted by atomic mass is 32.2. The minimum absolute atomic E-state index is 0.0502. The zero-order valence-corrected chi connectivity index (χ0v) is 18.0. The number of nitrogens with zero attached hydrogens (tertiary/aromatic N) is 2. The lowest BCUT2D eigenvalue weighted by Crippen LogP contribution is -2.16. The number of amides is 1. The van der Waals surface area contributed by atoms with Gasteiger partial charge in [-0.05, 0) is 61.4 Å². The number of imidazole rings is 1. The van der Waals surface area contributed by atoms with Gasteiger partial charge in [-0.3, -0.25) is 9.36 Å². The van der Waals surface area contributed by atoms with E-state index in [0.717, 1.165) is 44.4 Å². The molecule has 1 amide bonds. The summed E-state index contributed by atoms with van der Waals surface area (Å²) >= 11 is 1.43. The van der Waals surface area contributed by atoms with Crippen LogP contribution in [0.4, 0.5) is 5.69 Å². The van der Waals surface area contributed by atoms with Gasteiger partial charge in [-0.15, -0.1) is 0 Å². The number of aromatic nitrogens is 2. The lowest BCUT2D eigenvalue weighted by atomic mass is 10.1. The van der Waals surface area contributed by atoms with Crippen LogP contribution in [0.1, 0.15) is 11.1 Å². The molecule has 0 atom stereocenters. The Morgan fingerprint density at radius 1 is 1.00 bits per heavy atom. The molecule has 152 valence electrons. The summed E-state index contributed by atoms with van der Waals surface area (Å²) in [5.41, 5.74) is 5.86. The highest BCUT2D eigenvalue weighted by Gasteiger charge is 2.15. The average molecular weight is 418 g/mol. The lowest BCUT2D eigenvalue weighted by Gasteiger charge is -2.12. The number of para-hydroxylation sites is 3. The summed E-state index contributed by atoms with van der Waals surface area (Å²) in [6.45, 7) is 4.00. The molecule has 1 N–H and O–H groups in total. The molecule has 0 aliphatic carbocycles. The van der Waals surface area contributed by atoms with Crippen LogP contribution >= 0.6 is 11.8 Å². The molecule has 0 bridgehead atoms. The van der Waals surface area contributed by atoms with E-state index in [1.54, 1.807) is 7.11 Å². The zero-order valence-electron chi connectivity index (χ0n) is 17.2. The fourth-order valence-corrected chi connectivity index (χ4v) is 4.23. The summed E-state index contributed by atoms with van der Waals surface area (Å²) in [7, 11) is 1.65. The van der Waals surface area contributed by atoms with Crippen molar-refractivity contribution >= 4 is 34.4 Å². The molecule has 0 unspecified atom stereocenters. The van der Waals surface area contributed by atoms with Gasteiger partial charge in [-0.1, -0.05) is 42.1 Å². The van der Waals surface area contributed by atoms with Crippen LogP contribution in [-0.2, 0) is 4.79 Å². The molecule has 0 fully saturated rings.